The van der Waals surface area contributed by atoms with E-state index in [-0.39, 0.29) is 30.0 Å². The Morgan fingerprint density at radius 3 is 2.70 bits per heavy atom. The summed E-state index contributed by atoms with van der Waals surface area (Å²) in [6.45, 7) is 5.60. The Morgan fingerprint density at radius 2 is 1.90 bits per heavy atom. The topological polar surface area (TPSA) is 58.1 Å². The fraction of sp³-hybridized carbons (Fsp3) is 0.435. The number of nitrogens with one attached hydrogen (secondary N) is 2. The highest BCUT2D eigenvalue weighted by Crippen LogP contribution is 2.32. The quantitative estimate of drug-likeness (QED) is 0.340. The maximum Gasteiger partial charge on any atom is 0.231 e. The van der Waals surface area contributed by atoms with Crippen LogP contribution in [0.15, 0.2) is 47.5 Å². The highest BCUT2D eigenvalue weighted by Gasteiger charge is 2.15. The Balaban J connectivity index is 0.00000256. The number of guanidine groups is 1. The number of anilines is 1. The van der Waals surface area contributed by atoms with Gasteiger partial charge >= 0.3 is 0 Å². The van der Waals surface area contributed by atoms with Gasteiger partial charge in [0.2, 0.25) is 6.79 Å². The first kappa shape index (κ1) is 22.5. The van der Waals surface area contributed by atoms with E-state index in [0.29, 0.717) is 6.79 Å². The number of hydrogen-bond acceptors (Lipinski definition) is 4. The van der Waals surface area contributed by atoms with Gasteiger partial charge < -0.3 is 25.0 Å². The first-order chi connectivity index (χ1) is 14.2. The van der Waals surface area contributed by atoms with Crippen molar-refractivity contribution in [1.29, 1.82) is 0 Å². The maximum absolute atomic E-state index is 5.45. The monoisotopic (exact) mass is 522 g/mol. The standard InChI is InChI=1S/C23H30N4O2.HI/c1-17(19-6-5-7-20(15-19)27-12-3-4-13-27)26-23(24-2)25-11-10-18-8-9-21-22(14-18)29-16-28-21;/h5-9,14-15,17H,3-4,10-13,16H2,1-2H3,(H2,24,25,26);1H. The van der Waals surface area contributed by atoms with E-state index in [0.717, 1.165) is 43.5 Å². The van der Waals surface area contributed by atoms with E-state index in [4.69, 9.17) is 9.47 Å². The maximum atomic E-state index is 5.45. The molecular formula is C23H31IN4O2. The van der Waals surface area contributed by atoms with Crippen LogP contribution in [0.1, 0.15) is 36.9 Å². The summed E-state index contributed by atoms with van der Waals surface area (Å²) in [4.78, 5) is 6.85. The predicted octanol–water partition coefficient (Wildman–Crippen LogP) is 4.10. The second-order valence-electron chi connectivity index (χ2n) is 7.59. The molecule has 1 atom stereocenters. The predicted molar refractivity (Wildman–Crippen MR) is 132 cm³/mol. The molecule has 2 aromatic rings. The van der Waals surface area contributed by atoms with Crippen LogP contribution in [0, 0.1) is 0 Å². The van der Waals surface area contributed by atoms with Gasteiger partial charge in [-0.3, -0.25) is 4.99 Å². The summed E-state index contributed by atoms with van der Waals surface area (Å²) in [5, 5.41) is 6.92. The molecule has 1 saturated heterocycles. The SMILES string of the molecule is CN=C(NCCc1ccc2c(c1)OCO2)NC(C)c1cccc(N2CCCC2)c1.I. The van der Waals surface area contributed by atoms with Crippen molar-refractivity contribution < 1.29 is 9.47 Å². The normalized spacial score (nSPS) is 16.2. The minimum atomic E-state index is 0. The fourth-order valence-corrected chi connectivity index (χ4v) is 3.87. The molecular weight excluding hydrogens is 491 g/mol. The Labute approximate surface area is 196 Å². The minimum absolute atomic E-state index is 0. The lowest BCUT2D eigenvalue weighted by Crippen LogP contribution is -2.39. The summed E-state index contributed by atoms with van der Waals surface area (Å²) in [5.74, 6) is 2.46. The Bertz CT molecular complexity index is 868. The number of fused-ring (bicyclic) bond motifs is 1. The number of halogens is 1. The van der Waals surface area contributed by atoms with Crippen LogP contribution in [0.3, 0.4) is 0 Å². The molecule has 1 unspecified atom stereocenters. The van der Waals surface area contributed by atoms with Gasteiger partial charge in [-0.1, -0.05) is 18.2 Å². The second kappa shape index (κ2) is 10.7. The first-order valence-electron chi connectivity index (χ1n) is 10.4. The third kappa shape index (κ3) is 5.50. The summed E-state index contributed by atoms with van der Waals surface area (Å²) in [6.07, 6.45) is 3.46. The molecule has 0 spiro atoms. The summed E-state index contributed by atoms with van der Waals surface area (Å²) >= 11 is 0. The van der Waals surface area contributed by atoms with Crippen LogP contribution in [0.4, 0.5) is 5.69 Å². The van der Waals surface area contributed by atoms with Crippen LogP contribution < -0.4 is 25.0 Å². The first-order valence-corrected chi connectivity index (χ1v) is 10.4. The molecule has 0 amide bonds. The summed E-state index contributed by atoms with van der Waals surface area (Å²) in [6, 6.07) is 15.1. The van der Waals surface area contributed by atoms with Crippen molar-refractivity contribution in [2.24, 2.45) is 4.99 Å². The van der Waals surface area contributed by atoms with Gasteiger partial charge in [0.15, 0.2) is 17.5 Å². The van der Waals surface area contributed by atoms with Crippen LogP contribution in [0.2, 0.25) is 0 Å². The third-order valence-electron chi connectivity index (χ3n) is 5.56. The van der Waals surface area contributed by atoms with Crippen molar-refractivity contribution in [2.75, 3.05) is 38.4 Å². The molecule has 6 nitrogen and oxygen atoms in total. The zero-order chi connectivity index (χ0) is 20.1. The molecule has 4 rings (SSSR count). The van der Waals surface area contributed by atoms with Crippen molar-refractivity contribution in [1.82, 2.24) is 10.6 Å². The number of hydrogen-bond donors (Lipinski definition) is 2. The van der Waals surface area contributed by atoms with E-state index < -0.39 is 0 Å². The fourth-order valence-electron chi connectivity index (χ4n) is 3.87. The highest BCUT2D eigenvalue weighted by atomic mass is 127. The number of benzene rings is 2. The van der Waals surface area contributed by atoms with Crippen molar-refractivity contribution in [2.45, 2.75) is 32.2 Å². The van der Waals surface area contributed by atoms with Gasteiger partial charge in [-0.25, -0.2) is 0 Å². The lowest BCUT2D eigenvalue weighted by atomic mass is 10.1. The zero-order valence-corrected chi connectivity index (χ0v) is 20.0. The van der Waals surface area contributed by atoms with Gasteiger partial charge in [-0.05, 0) is 61.6 Å². The van der Waals surface area contributed by atoms with Crippen molar-refractivity contribution in [3.8, 4) is 11.5 Å². The zero-order valence-electron chi connectivity index (χ0n) is 17.7. The molecule has 2 aliphatic rings. The van der Waals surface area contributed by atoms with E-state index in [1.807, 2.05) is 19.2 Å². The number of ether oxygens (including phenoxy) is 2. The average Bonchev–Trinajstić information content (AvgIpc) is 3.44. The van der Waals surface area contributed by atoms with E-state index >= 15 is 0 Å². The van der Waals surface area contributed by atoms with Crippen LogP contribution >= 0.6 is 24.0 Å². The van der Waals surface area contributed by atoms with E-state index in [2.05, 4.69) is 57.8 Å². The van der Waals surface area contributed by atoms with Crippen LogP contribution in [-0.4, -0.2) is 39.4 Å². The third-order valence-corrected chi connectivity index (χ3v) is 5.56. The van der Waals surface area contributed by atoms with Crippen LogP contribution in [0.5, 0.6) is 11.5 Å². The van der Waals surface area contributed by atoms with Crippen molar-refractivity contribution >= 4 is 35.6 Å². The van der Waals surface area contributed by atoms with E-state index in [9.17, 15) is 0 Å². The summed E-state index contributed by atoms with van der Waals surface area (Å²) < 4.78 is 10.8. The number of nitrogens with zero attached hydrogens (tertiary/aromatic N) is 2. The molecule has 0 aromatic heterocycles. The van der Waals surface area contributed by atoms with Crippen LogP contribution in [-0.2, 0) is 6.42 Å². The van der Waals surface area contributed by atoms with Gasteiger partial charge in [0.1, 0.15) is 0 Å². The Hall–Kier alpha value is -2.16. The largest absolute Gasteiger partial charge is 0.454 e. The number of aliphatic imine (C=N–C) groups is 1. The number of rotatable bonds is 6. The molecule has 2 heterocycles. The lowest BCUT2D eigenvalue weighted by molar-refractivity contribution is 0.174. The summed E-state index contributed by atoms with van der Waals surface area (Å²) in [5.41, 5.74) is 3.80. The molecule has 0 saturated carbocycles. The summed E-state index contributed by atoms with van der Waals surface area (Å²) in [7, 11) is 1.81. The van der Waals surface area contributed by atoms with Gasteiger partial charge in [0, 0.05) is 32.4 Å². The Kier molecular flexibility index (Phi) is 8.07. The Morgan fingerprint density at radius 1 is 1.10 bits per heavy atom. The molecule has 2 N–H and O–H groups in total. The van der Waals surface area contributed by atoms with Gasteiger partial charge in [0.05, 0.1) is 6.04 Å². The smallest absolute Gasteiger partial charge is 0.231 e. The molecule has 2 aliphatic heterocycles. The molecule has 1 fully saturated rings. The highest BCUT2D eigenvalue weighted by molar-refractivity contribution is 14.0. The van der Waals surface area contributed by atoms with Crippen LogP contribution in [0.25, 0.3) is 0 Å². The molecule has 7 heteroatoms. The van der Waals surface area contributed by atoms with Gasteiger partial charge in [-0.2, -0.15) is 0 Å². The molecule has 162 valence electrons. The van der Waals surface area contributed by atoms with Gasteiger partial charge in [-0.15, -0.1) is 24.0 Å². The molecule has 0 bridgehead atoms. The van der Waals surface area contributed by atoms with E-state index in [1.165, 1.54) is 29.7 Å². The molecule has 0 radical (unpaired) electrons. The molecule has 30 heavy (non-hydrogen) atoms. The lowest BCUT2D eigenvalue weighted by Gasteiger charge is -2.22. The van der Waals surface area contributed by atoms with Crippen molar-refractivity contribution in [3.05, 3.63) is 53.6 Å². The minimum Gasteiger partial charge on any atom is -0.454 e. The van der Waals surface area contributed by atoms with Gasteiger partial charge in [0.25, 0.3) is 0 Å². The van der Waals surface area contributed by atoms with E-state index in [1.54, 1.807) is 0 Å². The molecule has 2 aromatic carbocycles. The van der Waals surface area contributed by atoms with Crippen molar-refractivity contribution in [3.63, 3.8) is 0 Å². The average molecular weight is 522 g/mol. The second-order valence-corrected chi connectivity index (χ2v) is 7.59. The molecule has 0 aliphatic carbocycles.